The molecule has 1 saturated carbocycles. The lowest BCUT2D eigenvalue weighted by molar-refractivity contribution is 0.111. The molecule has 2 fully saturated rings. The lowest BCUT2D eigenvalue weighted by Gasteiger charge is -2.45. The summed E-state index contributed by atoms with van der Waals surface area (Å²) in [5.41, 5.74) is 1.01. The van der Waals surface area contributed by atoms with Gasteiger partial charge in [0.25, 0.3) is 0 Å². The summed E-state index contributed by atoms with van der Waals surface area (Å²) in [7, 11) is -1.55. The van der Waals surface area contributed by atoms with E-state index in [9.17, 15) is 8.42 Å². The number of hydrogen-bond acceptors (Lipinski definition) is 5. The molecule has 0 aromatic heterocycles. The van der Waals surface area contributed by atoms with Crippen molar-refractivity contribution in [2.24, 2.45) is 0 Å². The number of nitrogens with zero attached hydrogens (tertiary/aromatic N) is 1. The Balaban J connectivity index is 0.00000196. The van der Waals surface area contributed by atoms with Gasteiger partial charge in [0, 0.05) is 44.2 Å². The molecule has 0 bridgehead atoms. The Hall–Kier alpha value is -0.570. The molecule has 2 aliphatic rings. The first-order valence-electron chi connectivity index (χ1n) is 9.46. The molecule has 0 amide bonds. The summed E-state index contributed by atoms with van der Waals surface area (Å²) in [6, 6.07) is 8.72. The van der Waals surface area contributed by atoms with Crippen molar-refractivity contribution >= 4 is 34.8 Å². The third-order valence-corrected chi connectivity index (χ3v) is 6.60. The van der Waals surface area contributed by atoms with E-state index in [2.05, 4.69) is 27.1 Å². The van der Waals surface area contributed by atoms with Crippen molar-refractivity contribution in [3.8, 4) is 5.75 Å². The van der Waals surface area contributed by atoms with E-state index >= 15 is 0 Å². The van der Waals surface area contributed by atoms with Crippen LogP contribution in [0.25, 0.3) is 0 Å². The molecular weight excluding hydrogens is 421 g/mol. The van der Waals surface area contributed by atoms with E-state index in [-0.39, 0.29) is 30.2 Å². The summed E-state index contributed by atoms with van der Waals surface area (Å²) in [6.07, 6.45) is 5.40. The number of rotatable bonds is 6. The molecule has 2 N–H and O–H groups in total. The lowest BCUT2D eigenvalue weighted by Crippen LogP contribution is -2.52. The molecule has 1 aliphatic heterocycles. The number of nitrogens with one attached hydrogen (secondary N) is 2. The van der Waals surface area contributed by atoms with Crippen LogP contribution in [0.3, 0.4) is 0 Å². The van der Waals surface area contributed by atoms with E-state index in [1.54, 1.807) is 7.11 Å². The van der Waals surface area contributed by atoms with Crippen molar-refractivity contribution in [3.05, 3.63) is 29.8 Å². The zero-order chi connectivity index (χ0) is 18.6. The molecule has 28 heavy (non-hydrogen) atoms. The van der Waals surface area contributed by atoms with Crippen LogP contribution in [-0.4, -0.2) is 65.4 Å². The molecule has 6 nitrogen and oxygen atoms in total. The van der Waals surface area contributed by atoms with Crippen molar-refractivity contribution in [1.29, 1.82) is 0 Å². The van der Waals surface area contributed by atoms with Gasteiger partial charge in [0.1, 0.15) is 5.75 Å². The van der Waals surface area contributed by atoms with Crippen LogP contribution < -0.4 is 14.8 Å². The van der Waals surface area contributed by atoms with Crippen LogP contribution in [0.1, 0.15) is 31.2 Å². The van der Waals surface area contributed by atoms with Crippen molar-refractivity contribution in [2.45, 2.75) is 37.1 Å². The maximum absolute atomic E-state index is 11.7. The van der Waals surface area contributed by atoms with Crippen LogP contribution >= 0.6 is 24.8 Å². The molecule has 162 valence electrons. The fourth-order valence-corrected chi connectivity index (χ4v) is 4.90. The van der Waals surface area contributed by atoms with E-state index < -0.39 is 10.0 Å². The van der Waals surface area contributed by atoms with Gasteiger partial charge in [-0.15, -0.1) is 24.8 Å². The second-order valence-corrected chi connectivity index (χ2v) is 9.46. The van der Waals surface area contributed by atoms with Crippen LogP contribution in [0, 0.1) is 0 Å². The number of ether oxygens (including phenoxy) is 1. The number of piperazine rings is 1. The maximum Gasteiger partial charge on any atom is 0.208 e. The highest BCUT2D eigenvalue weighted by molar-refractivity contribution is 7.88. The number of sulfonamides is 1. The van der Waals surface area contributed by atoms with E-state index in [1.807, 2.05) is 12.1 Å². The average molecular weight is 454 g/mol. The normalized spacial score (nSPS) is 26.0. The topological polar surface area (TPSA) is 70.7 Å². The van der Waals surface area contributed by atoms with Gasteiger partial charge in [-0.3, -0.25) is 4.90 Å². The predicted octanol–water partition coefficient (Wildman–Crippen LogP) is 2.17. The van der Waals surface area contributed by atoms with Gasteiger partial charge in [-0.05, 0) is 43.4 Å². The van der Waals surface area contributed by atoms with Gasteiger partial charge in [-0.2, -0.15) is 0 Å². The smallest absolute Gasteiger partial charge is 0.208 e. The average Bonchev–Trinajstić information content (AvgIpc) is 2.67. The monoisotopic (exact) mass is 453 g/mol. The summed E-state index contributed by atoms with van der Waals surface area (Å²) in [5.74, 6) is 0.824. The second kappa shape index (κ2) is 11.0. The molecule has 0 atom stereocenters. The molecule has 0 spiro atoms. The minimum Gasteiger partial charge on any atom is -0.497 e. The first-order chi connectivity index (χ1) is 12.4. The second-order valence-electron chi connectivity index (χ2n) is 7.62. The highest BCUT2D eigenvalue weighted by atomic mass is 35.5. The first-order valence-corrected chi connectivity index (χ1v) is 11.3. The molecule has 3 rings (SSSR count). The van der Waals surface area contributed by atoms with Crippen molar-refractivity contribution in [1.82, 2.24) is 14.9 Å². The zero-order valence-electron chi connectivity index (χ0n) is 16.6. The fourth-order valence-electron chi connectivity index (χ4n) is 4.36. The van der Waals surface area contributed by atoms with Gasteiger partial charge in [0.2, 0.25) is 10.0 Å². The Labute approximate surface area is 181 Å². The fraction of sp³-hybridized carbons (Fsp3) is 0.684. The minimum atomic E-state index is -3.22. The summed E-state index contributed by atoms with van der Waals surface area (Å²) in [6.45, 7) is 4.80. The Bertz CT molecular complexity index is 704. The third-order valence-electron chi connectivity index (χ3n) is 5.94. The molecule has 0 unspecified atom stereocenters. The van der Waals surface area contributed by atoms with Gasteiger partial charge in [-0.1, -0.05) is 12.1 Å². The van der Waals surface area contributed by atoms with Crippen LogP contribution in [0.4, 0.5) is 0 Å². The van der Waals surface area contributed by atoms with Gasteiger partial charge in [-0.25, -0.2) is 13.1 Å². The van der Waals surface area contributed by atoms with Crippen LogP contribution in [0.5, 0.6) is 5.75 Å². The van der Waals surface area contributed by atoms with E-state index in [4.69, 9.17) is 4.74 Å². The van der Waals surface area contributed by atoms with Gasteiger partial charge in [0.05, 0.1) is 13.4 Å². The first kappa shape index (κ1) is 25.5. The van der Waals surface area contributed by atoms with Crippen molar-refractivity contribution < 1.29 is 13.2 Å². The SMILES string of the molecule is COc1cccc([C@]2(CNS(C)(=O)=O)CC[C@@H](N3CCNCC3)CC2)c1.Cl.Cl. The molecule has 9 heteroatoms. The van der Waals surface area contributed by atoms with Crippen LogP contribution in [-0.2, 0) is 15.4 Å². The maximum atomic E-state index is 11.7. The largest absolute Gasteiger partial charge is 0.497 e. The quantitative estimate of drug-likeness (QED) is 0.690. The number of halogens is 2. The molecular formula is C19H33Cl2N3O3S. The number of methoxy groups -OCH3 is 1. The standard InChI is InChI=1S/C19H31N3O3S.2ClH/c1-25-18-5-3-4-16(14-18)19(15-21-26(2,23)24)8-6-17(7-9-19)22-12-10-20-11-13-22;;/h3-5,14,17,20-21H,6-13,15H2,1-2H3;2*1H/t17-,19-;;. The zero-order valence-corrected chi connectivity index (χ0v) is 19.1. The Morgan fingerprint density at radius 3 is 2.43 bits per heavy atom. The van der Waals surface area contributed by atoms with Crippen molar-refractivity contribution in [2.75, 3.05) is 46.1 Å². The van der Waals surface area contributed by atoms with Gasteiger partial charge < -0.3 is 10.1 Å². The summed E-state index contributed by atoms with van der Waals surface area (Å²) >= 11 is 0. The number of benzene rings is 1. The highest BCUT2D eigenvalue weighted by Crippen LogP contribution is 2.41. The summed E-state index contributed by atoms with van der Waals surface area (Å²) in [4.78, 5) is 2.59. The van der Waals surface area contributed by atoms with Gasteiger partial charge >= 0.3 is 0 Å². The Kier molecular flexibility index (Phi) is 10.00. The molecule has 1 aromatic rings. The molecule has 1 aliphatic carbocycles. The van der Waals surface area contributed by atoms with Crippen LogP contribution in [0.15, 0.2) is 24.3 Å². The third kappa shape index (κ3) is 6.47. The summed E-state index contributed by atoms with van der Waals surface area (Å²) in [5, 5.41) is 3.41. The van der Waals surface area contributed by atoms with E-state index in [1.165, 1.54) is 11.8 Å². The lowest BCUT2D eigenvalue weighted by atomic mass is 9.68. The Morgan fingerprint density at radius 1 is 1.21 bits per heavy atom. The molecule has 1 saturated heterocycles. The molecule has 1 heterocycles. The Morgan fingerprint density at radius 2 is 1.86 bits per heavy atom. The minimum absolute atomic E-state index is 0. The van der Waals surface area contributed by atoms with Crippen LogP contribution in [0.2, 0.25) is 0 Å². The number of hydrogen-bond donors (Lipinski definition) is 2. The van der Waals surface area contributed by atoms with E-state index in [0.29, 0.717) is 12.6 Å². The predicted molar refractivity (Wildman–Crippen MR) is 119 cm³/mol. The summed E-state index contributed by atoms with van der Waals surface area (Å²) < 4.78 is 31.6. The van der Waals surface area contributed by atoms with E-state index in [0.717, 1.165) is 57.6 Å². The van der Waals surface area contributed by atoms with Crippen molar-refractivity contribution in [3.63, 3.8) is 0 Å². The molecule has 0 radical (unpaired) electrons. The van der Waals surface area contributed by atoms with Gasteiger partial charge in [0.15, 0.2) is 0 Å². The highest BCUT2D eigenvalue weighted by Gasteiger charge is 2.39. The molecule has 1 aromatic carbocycles.